The number of hydrogen-bond acceptors (Lipinski definition) is 6. The molecule has 9 heteroatoms. The van der Waals surface area contributed by atoms with Crippen molar-refractivity contribution in [2.24, 2.45) is 0 Å². The fraction of sp³-hybridized carbons (Fsp3) is 0.500. The highest BCUT2D eigenvalue weighted by atomic mass is 19.1. The Morgan fingerprint density at radius 1 is 1.10 bits per heavy atom. The molecular formula is C22H26FN3O5. The van der Waals surface area contributed by atoms with Gasteiger partial charge in [0.25, 0.3) is 11.8 Å². The zero-order valence-electron chi connectivity index (χ0n) is 17.2. The van der Waals surface area contributed by atoms with Crippen molar-refractivity contribution in [3.63, 3.8) is 0 Å². The highest BCUT2D eigenvalue weighted by Crippen LogP contribution is 2.18. The summed E-state index contributed by atoms with van der Waals surface area (Å²) in [7, 11) is 0. The number of ether oxygens (including phenoxy) is 2. The number of aromatic nitrogens is 1. The summed E-state index contributed by atoms with van der Waals surface area (Å²) in [5.74, 6) is -0.788. The van der Waals surface area contributed by atoms with Crippen molar-refractivity contribution in [2.75, 3.05) is 26.3 Å². The molecule has 0 aliphatic carbocycles. The first kappa shape index (κ1) is 21.5. The number of carbonyl (C=O) groups excluding carboxylic acids is 2. The second kappa shape index (κ2) is 10.0. The van der Waals surface area contributed by atoms with Crippen LogP contribution >= 0.6 is 0 Å². The Kier molecular flexibility index (Phi) is 6.93. The molecule has 1 aromatic heterocycles. The molecule has 2 fully saturated rings. The number of hydrogen-bond donors (Lipinski definition) is 1. The van der Waals surface area contributed by atoms with E-state index in [0.29, 0.717) is 25.3 Å². The molecule has 0 radical (unpaired) electrons. The maximum atomic E-state index is 13.2. The zero-order chi connectivity index (χ0) is 21.6. The Morgan fingerprint density at radius 2 is 1.81 bits per heavy atom. The van der Waals surface area contributed by atoms with Gasteiger partial charge in [0.05, 0.1) is 18.8 Å². The predicted molar refractivity (Wildman–Crippen MR) is 108 cm³/mol. The number of nitrogens with zero attached hydrogens (tertiary/aromatic N) is 2. The van der Waals surface area contributed by atoms with E-state index < -0.39 is 5.82 Å². The topological polar surface area (TPSA) is 93.9 Å². The van der Waals surface area contributed by atoms with Crippen molar-refractivity contribution in [3.8, 4) is 0 Å². The van der Waals surface area contributed by atoms with E-state index in [0.717, 1.165) is 32.3 Å². The van der Waals surface area contributed by atoms with E-state index >= 15 is 0 Å². The fourth-order valence-corrected chi connectivity index (χ4v) is 3.78. The Hall–Kier alpha value is -2.78. The van der Waals surface area contributed by atoms with Gasteiger partial charge in [0.2, 0.25) is 5.89 Å². The van der Waals surface area contributed by atoms with Crippen LogP contribution in [-0.4, -0.2) is 60.2 Å². The smallest absolute Gasteiger partial charge is 0.273 e. The Balaban J connectivity index is 1.41. The molecular weight excluding hydrogens is 405 g/mol. The van der Waals surface area contributed by atoms with Gasteiger partial charge in [0.15, 0.2) is 5.69 Å². The summed E-state index contributed by atoms with van der Waals surface area (Å²) in [6.45, 7) is 2.25. The first-order chi connectivity index (χ1) is 15.1. The molecule has 3 heterocycles. The molecule has 1 aromatic carbocycles. The maximum absolute atomic E-state index is 13.2. The average Bonchev–Trinajstić information content (AvgIpc) is 3.54. The van der Waals surface area contributed by atoms with Crippen molar-refractivity contribution >= 4 is 11.8 Å². The zero-order valence-corrected chi connectivity index (χ0v) is 17.2. The summed E-state index contributed by atoms with van der Waals surface area (Å²) in [5, 5.41) is 2.80. The summed E-state index contributed by atoms with van der Waals surface area (Å²) in [6, 6.07) is 5.39. The summed E-state index contributed by atoms with van der Waals surface area (Å²) in [4.78, 5) is 31.2. The molecule has 2 unspecified atom stereocenters. The fourth-order valence-electron chi connectivity index (χ4n) is 3.78. The van der Waals surface area contributed by atoms with Crippen molar-refractivity contribution in [1.29, 1.82) is 0 Å². The van der Waals surface area contributed by atoms with Crippen LogP contribution in [0, 0.1) is 5.82 Å². The molecule has 2 aliphatic rings. The first-order valence-corrected chi connectivity index (χ1v) is 10.6. The molecule has 166 valence electrons. The van der Waals surface area contributed by atoms with E-state index in [9.17, 15) is 14.0 Å². The minimum atomic E-state index is -0.409. The van der Waals surface area contributed by atoms with Gasteiger partial charge in [-0.15, -0.1) is 0 Å². The molecule has 8 nitrogen and oxygen atoms in total. The molecule has 0 spiro atoms. The lowest BCUT2D eigenvalue weighted by molar-refractivity contribution is 0.0487. The van der Waals surface area contributed by atoms with Gasteiger partial charge < -0.3 is 24.1 Å². The molecule has 2 atom stereocenters. The van der Waals surface area contributed by atoms with Crippen LogP contribution < -0.4 is 5.32 Å². The molecule has 2 saturated heterocycles. The predicted octanol–water partition coefficient (Wildman–Crippen LogP) is 2.54. The van der Waals surface area contributed by atoms with Gasteiger partial charge in [-0.1, -0.05) is 0 Å². The lowest BCUT2D eigenvalue weighted by Crippen LogP contribution is -2.37. The van der Waals surface area contributed by atoms with Gasteiger partial charge in [0, 0.05) is 31.9 Å². The number of halogens is 1. The van der Waals surface area contributed by atoms with E-state index in [2.05, 4.69) is 10.3 Å². The quantitative estimate of drug-likeness (QED) is 0.690. The van der Waals surface area contributed by atoms with Crippen LogP contribution in [0.5, 0.6) is 0 Å². The van der Waals surface area contributed by atoms with Gasteiger partial charge >= 0.3 is 0 Å². The van der Waals surface area contributed by atoms with Crippen LogP contribution in [0.1, 0.15) is 52.4 Å². The molecule has 4 rings (SSSR count). The van der Waals surface area contributed by atoms with Crippen LogP contribution in [0.4, 0.5) is 4.39 Å². The van der Waals surface area contributed by atoms with Crippen LogP contribution in [0.3, 0.4) is 0 Å². The van der Waals surface area contributed by atoms with E-state index in [1.165, 1.54) is 30.5 Å². The van der Waals surface area contributed by atoms with E-state index in [1.807, 2.05) is 0 Å². The van der Waals surface area contributed by atoms with Crippen molar-refractivity contribution < 1.29 is 27.9 Å². The minimum absolute atomic E-state index is 0.0329. The van der Waals surface area contributed by atoms with E-state index in [-0.39, 0.29) is 42.2 Å². The Labute approximate surface area is 179 Å². The van der Waals surface area contributed by atoms with Gasteiger partial charge in [-0.25, -0.2) is 9.37 Å². The van der Waals surface area contributed by atoms with Gasteiger partial charge in [0.1, 0.15) is 12.1 Å². The van der Waals surface area contributed by atoms with Gasteiger partial charge in [-0.2, -0.15) is 0 Å². The maximum Gasteiger partial charge on any atom is 0.273 e. The Bertz CT molecular complexity index is 889. The summed E-state index contributed by atoms with van der Waals surface area (Å²) < 4.78 is 29.9. The van der Waals surface area contributed by atoms with Gasteiger partial charge in [-0.3, -0.25) is 9.59 Å². The third kappa shape index (κ3) is 5.68. The number of carbonyl (C=O) groups is 2. The van der Waals surface area contributed by atoms with E-state index in [1.54, 1.807) is 4.90 Å². The lowest BCUT2D eigenvalue weighted by Gasteiger charge is -2.24. The van der Waals surface area contributed by atoms with Crippen molar-refractivity contribution in [2.45, 2.75) is 44.4 Å². The SMILES string of the molecule is O=C(NCC1CCCO1)c1coc(CN(CC2CCCO2)C(=O)c2ccc(F)cc2)n1. The number of oxazole rings is 1. The largest absolute Gasteiger partial charge is 0.446 e. The Morgan fingerprint density at radius 3 is 2.48 bits per heavy atom. The van der Waals surface area contributed by atoms with Crippen molar-refractivity contribution in [3.05, 3.63) is 53.5 Å². The first-order valence-electron chi connectivity index (χ1n) is 10.6. The second-order valence-corrected chi connectivity index (χ2v) is 7.80. The summed E-state index contributed by atoms with van der Waals surface area (Å²) in [5.41, 5.74) is 0.514. The third-order valence-corrected chi connectivity index (χ3v) is 5.45. The molecule has 2 aliphatic heterocycles. The molecule has 2 amide bonds. The van der Waals surface area contributed by atoms with Gasteiger partial charge in [-0.05, 0) is 49.9 Å². The number of rotatable bonds is 8. The highest BCUT2D eigenvalue weighted by molar-refractivity contribution is 5.94. The molecule has 0 bridgehead atoms. The summed E-state index contributed by atoms with van der Waals surface area (Å²) in [6.07, 6.45) is 4.96. The average molecular weight is 431 g/mol. The molecule has 0 saturated carbocycles. The minimum Gasteiger partial charge on any atom is -0.446 e. The summed E-state index contributed by atoms with van der Waals surface area (Å²) >= 11 is 0. The highest BCUT2D eigenvalue weighted by Gasteiger charge is 2.26. The van der Waals surface area contributed by atoms with Crippen molar-refractivity contribution in [1.82, 2.24) is 15.2 Å². The second-order valence-electron chi connectivity index (χ2n) is 7.80. The standard InChI is InChI=1S/C22H26FN3O5/c23-16-7-5-15(6-8-16)22(28)26(12-18-4-2-10-30-18)13-20-25-19(14-31-20)21(27)24-11-17-3-1-9-29-17/h5-8,14,17-18H,1-4,9-13H2,(H,24,27). The molecule has 31 heavy (non-hydrogen) atoms. The molecule has 1 N–H and O–H groups in total. The number of benzene rings is 1. The van der Waals surface area contributed by atoms with E-state index in [4.69, 9.17) is 13.9 Å². The normalized spacial score (nSPS) is 20.7. The van der Waals surface area contributed by atoms with Crippen LogP contribution in [-0.2, 0) is 16.0 Å². The monoisotopic (exact) mass is 431 g/mol. The van der Waals surface area contributed by atoms with Crippen LogP contribution in [0.15, 0.2) is 34.9 Å². The number of amides is 2. The third-order valence-electron chi connectivity index (χ3n) is 5.45. The van der Waals surface area contributed by atoms with Crippen LogP contribution in [0.2, 0.25) is 0 Å². The van der Waals surface area contributed by atoms with Crippen LogP contribution in [0.25, 0.3) is 0 Å². The molecule has 2 aromatic rings. The number of nitrogens with one attached hydrogen (secondary N) is 1. The lowest BCUT2D eigenvalue weighted by atomic mass is 10.1.